The van der Waals surface area contributed by atoms with Crippen LogP contribution < -0.4 is 0 Å². The molecular weight excluding hydrogens is 1280 g/mol. The van der Waals surface area contributed by atoms with Gasteiger partial charge in [-0.2, -0.15) is 0 Å². The maximum Gasteiger partial charge on any atom is 0.230 e. The molecule has 0 radical (unpaired) electrons. The maximum absolute atomic E-state index is 13.5. The minimum absolute atomic E-state index is 0.0105. The third-order valence-corrected chi connectivity index (χ3v) is 22.7. The number of carbonyl (C=O) groups excluding carboxylic acids is 4. The zero-order valence-electron chi connectivity index (χ0n) is 60.7. The fraction of sp³-hybridized carbons (Fsp3) is 0.372. The highest BCUT2D eigenvalue weighted by Gasteiger charge is 2.39. The zero-order valence-corrected chi connectivity index (χ0v) is 60.7. The number of nitrogens with one attached hydrogen (secondary N) is 3. The number of hydrogen-bond acceptors (Lipinski definition) is 10. The Morgan fingerprint density at radius 3 is 1.50 bits per heavy atom. The van der Waals surface area contributed by atoms with E-state index in [0.717, 1.165) is 179 Å². The van der Waals surface area contributed by atoms with Crippen LogP contribution in [0.5, 0.6) is 0 Å². The standard InChI is InChI=1S/C44H45N5O2.C42H48N8O2/c1-28(2)43(50)48-21-7-11-40(48)38-25-37(26-45-38)32-15-13-31(14-16-32)33-17-18-35-24-36(20-19-34(35)23-33)39-27-46-42(47-39)41-12-8-22-49(41)44(51)29(3)30-9-5-4-6-10-30;1-23(2)25(5)41(51)49-17-7-9-36(49)39-45-32-15-12-28(20-34(32)47-39)27-11-14-31-30(19-27)22-43-38(44-31)29-13-16-33-35(21-29)48-40(46-33)37-10-8-18-50(37)42(52)26(6)24(3)4/h4-6,9-10,13-20,23-24,26-29,40-41H,7-8,11-12,21-22,25H2,1-3H3,(H,46,47);11-16,19-26,36-37H,7-10,17-18H2,1-6H3,(H,45,47)(H,46,48)/t29-,40+,41+;25-,26-,36-,37-/m10/s1. The minimum Gasteiger partial charge on any atom is -0.340 e. The lowest BCUT2D eigenvalue weighted by molar-refractivity contribution is -0.138. The summed E-state index contributed by atoms with van der Waals surface area (Å²) in [5, 5.41) is 3.30. The molecule has 4 aromatic heterocycles. The number of aromatic nitrogens is 8. The first-order chi connectivity index (χ1) is 49.9. The number of amides is 4. The first-order valence-corrected chi connectivity index (χ1v) is 37.4. The molecule has 3 N–H and O–H groups in total. The fourth-order valence-electron chi connectivity index (χ4n) is 15.9. The Morgan fingerprint density at radius 1 is 0.417 bits per heavy atom. The average molecular weight is 1370 g/mol. The van der Waals surface area contributed by atoms with Crippen LogP contribution in [0.4, 0.5) is 0 Å². The van der Waals surface area contributed by atoms with Crippen LogP contribution in [-0.4, -0.2) is 121 Å². The Hall–Kier alpha value is -10.4. The maximum atomic E-state index is 13.5. The highest BCUT2D eigenvalue weighted by atomic mass is 16.2. The van der Waals surface area contributed by atoms with Gasteiger partial charge in [-0.15, -0.1) is 0 Å². The number of aliphatic imine (C=N–C) groups is 1. The summed E-state index contributed by atoms with van der Waals surface area (Å²) >= 11 is 0. The molecule has 103 heavy (non-hydrogen) atoms. The smallest absolute Gasteiger partial charge is 0.230 e. The molecular formula is C86H93N13O4. The van der Waals surface area contributed by atoms with Crippen LogP contribution >= 0.6 is 0 Å². The molecule has 0 saturated carbocycles. The third-order valence-electron chi connectivity index (χ3n) is 22.7. The van der Waals surface area contributed by atoms with E-state index in [9.17, 15) is 19.2 Å². The fourth-order valence-corrected chi connectivity index (χ4v) is 15.9. The van der Waals surface area contributed by atoms with Gasteiger partial charge in [-0.1, -0.05) is 146 Å². The number of fused-ring (bicyclic) bond motifs is 4. The monoisotopic (exact) mass is 1370 g/mol. The number of allylic oxidation sites excluding steroid dienone is 1. The number of nitrogens with zero attached hydrogens (tertiary/aromatic N) is 10. The predicted octanol–water partition coefficient (Wildman–Crippen LogP) is 17.8. The Bertz CT molecular complexity index is 4920. The summed E-state index contributed by atoms with van der Waals surface area (Å²) in [7, 11) is 0. The lowest BCUT2D eigenvalue weighted by Gasteiger charge is -2.27. The number of carbonyl (C=O) groups is 4. The van der Waals surface area contributed by atoms with Gasteiger partial charge >= 0.3 is 0 Å². The summed E-state index contributed by atoms with van der Waals surface area (Å²) in [6.45, 7) is 21.6. The average Bonchev–Trinajstić information content (AvgIpc) is 1.75. The van der Waals surface area contributed by atoms with Gasteiger partial charge in [-0.05, 0) is 174 Å². The number of likely N-dealkylation sites (tertiary alicyclic amines) is 4. The van der Waals surface area contributed by atoms with Crippen molar-refractivity contribution in [3.63, 3.8) is 0 Å². The molecule has 7 atom stereocenters. The number of H-pyrrole nitrogens is 3. The molecule has 11 aromatic rings. The van der Waals surface area contributed by atoms with E-state index >= 15 is 0 Å². The number of benzene rings is 7. The Kier molecular flexibility index (Phi) is 19.1. The molecule has 17 heteroatoms. The van der Waals surface area contributed by atoms with E-state index < -0.39 is 0 Å². The number of imidazole rings is 3. The molecule has 4 fully saturated rings. The van der Waals surface area contributed by atoms with Crippen molar-refractivity contribution in [3.8, 4) is 44.9 Å². The molecule has 5 aliphatic heterocycles. The third kappa shape index (κ3) is 13.7. The van der Waals surface area contributed by atoms with Gasteiger partial charge in [0.2, 0.25) is 23.6 Å². The van der Waals surface area contributed by atoms with Crippen LogP contribution in [0.15, 0.2) is 169 Å². The highest BCUT2D eigenvalue weighted by molar-refractivity contribution is 6.03. The second-order valence-corrected chi connectivity index (χ2v) is 30.3. The van der Waals surface area contributed by atoms with Gasteiger partial charge in [0.05, 0.1) is 69.6 Å². The van der Waals surface area contributed by atoms with E-state index in [0.29, 0.717) is 17.7 Å². The van der Waals surface area contributed by atoms with Gasteiger partial charge in [0.1, 0.15) is 17.5 Å². The minimum atomic E-state index is -0.186. The van der Waals surface area contributed by atoms with Gasteiger partial charge in [-0.3, -0.25) is 24.2 Å². The first-order valence-electron chi connectivity index (χ1n) is 37.4. The summed E-state index contributed by atoms with van der Waals surface area (Å²) in [5.41, 5.74) is 16.5. The zero-order chi connectivity index (χ0) is 71.3. The number of hydrogen-bond donors (Lipinski definition) is 3. The molecule has 5 aliphatic rings. The van der Waals surface area contributed by atoms with E-state index in [1.54, 1.807) is 0 Å². The molecule has 7 aromatic carbocycles. The van der Waals surface area contributed by atoms with Gasteiger partial charge < -0.3 is 34.6 Å². The highest BCUT2D eigenvalue weighted by Crippen LogP contribution is 2.40. The van der Waals surface area contributed by atoms with E-state index in [2.05, 4.69) is 140 Å². The summed E-state index contributed by atoms with van der Waals surface area (Å²) in [4.78, 5) is 101. The van der Waals surface area contributed by atoms with E-state index in [1.807, 2.05) is 121 Å². The van der Waals surface area contributed by atoms with Crippen molar-refractivity contribution in [1.29, 1.82) is 0 Å². The van der Waals surface area contributed by atoms with Crippen molar-refractivity contribution in [1.82, 2.24) is 59.5 Å². The van der Waals surface area contributed by atoms with Crippen LogP contribution in [0.3, 0.4) is 0 Å². The normalized spacial score (nSPS) is 19.3. The summed E-state index contributed by atoms with van der Waals surface area (Å²) in [6, 6.07) is 50.6. The van der Waals surface area contributed by atoms with Gasteiger partial charge in [0, 0.05) is 85.0 Å². The van der Waals surface area contributed by atoms with Crippen LogP contribution in [0.25, 0.3) is 94.2 Å². The van der Waals surface area contributed by atoms with Crippen LogP contribution in [0, 0.1) is 29.6 Å². The van der Waals surface area contributed by atoms with Crippen LogP contribution in [0.2, 0.25) is 0 Å². The van der Waals surface area contributed by atoms with Crippen molar-refractivity contribution >= 4 is 78.7 Å². The second-order valence-electron chi connectivity index (χ2n) is 30.3. The molecule has 16 rings (SSSR count). The molecule has 526 valence electrons. The lowest BCUT2D eigenvalue weighted by atomic mass is 9.95. The SMILES string of the molecule is CC(C)C(=O)N1CCC[C@H]1C1=NC=C(c2ccc(-c3ccc4cc(-c5cnc([C@@H]6CCCN6C(=O)[C@H](C)c6ccccc6)[nH]5)ccc4c3)cc2)C1.CC(C)[C@H](C)C(=O)N1CCC[C@H]1c1nc2ccc(-c3ccc4nc(-c5ccc6nc([C@@H]7CCCN7C(=O)[C@@H](C)C(C)C)[nH]c6c5)ncc4c3)cc2[nH]1. The molecule has 17 nitrogen and oxygen atoms in total. The van der Waals surface area contributed by atoms with E-state index in [4.69, 9.17) is 29.9 Å². The molecule has 4 amide bonds. The first kappa shape index (κ1) is 68.4. The van der Waals surface area contributed by atoms with Crippen LogP contribution in [-0.2, 0) is 19.2 Å². The number of aromatic amines is 3. The Labute approximate surface area is 602 Å². The number of rotatable bonds is 16. The van der Waals surface area contributed by atoms with E-state index in [1.165, 1.54) is 27.6 Å². The van der Waals surface area contributed by atoms with Crippen molar-refractivity contribution in [2.75, 3.05) is 26.2 Å². The molecule has 0 spiro atoms. The van der Waals surface area contributed by atoms with E-state index in [-0.39, 0.29) is 71.5 Å². The van der Waals surface area contributed by atoms with Crippen molar-refractivity contribution in [3.05, 3.63) is 193 Å². The predicted molar refractivity (Wildman–Crippen MR) is 410 cm³/mol. The lowest BCUT2D eigenvalue weighted by Crippen LogP contribution is -2.42. The molecule has 0 bridgehead atoms. The molecule has 0 aliphatic carbocycles. The summed E-state index contributed by atoms with van der Waals surface area (Å²) < 4.78 is 0. The molecule has 9 heterocycles. The second kappa shape index (κ2) is 28.8. The summed E-state index contributed by atoms with van der Waals surface area (Å²) in [6.07, 6.45) is 14.3. The summed E-state index contributed by atoms with van der Waals surface area (Å²) in [5.74, 6) is 4.42. The quantitative estimate of drug-likeness (QED) is 0.0840. The Morgan fingerprint density at radius 2 is 0.893 bits per heavy atom. The topological polar surface area (TPSA) is 205 Å². The van der Waals surface area contributed by atoms with Crippen LogP contribution in [0.1, 0.15) is 173 Å². The van der Waals surface area contributed by atoms with Crippen molar-refractivity contribution in [2.45, 2.75) is 150 Å². The van der Waals surface area contributed by atoms with Gasteiger partial charge in [-0.25, -0.2) is 24.9 Å². The van der Waals surface area contributed by atoms with Gasteiger partial charge in [0.15, 0.2) is 5.82 Å². The van der Waals surface area contributed by atoms with Crippen molar-refractivity contribution in [2.24, 2.45) is 34.6 Å². The molecule has 0 unspecified atom stereocenters. The van der Waals surface area contributed by atoms with Gasteiger partial charge in [0.25, 0.3) is 0 Å². The van der Waals surface area contributed by atoms with Crippen molar-refractivity contribution < 1.29 is 19.2 Å². The molecule has 4 saturated heterocycles. The Balaban J connectivity index is 0.000000166. The largest absolute Gasteiger partial charge is 0.340 e.